The molecule has 1 atom stereocenters. The van der Waals surface area contributed by atoms with E-state index in [1.807, 2.05) is 30.3 Å². The van der Waals surface area contributed by atoms with Crippen molar-refractivity contribution >= 4 is 17.8 Å². The summed E-state index contributed by atoms with van der Waals surface area (Å²) in [6.07, 6.45) is 5.27. The number of piperazine rings is 1. The molecular weight excluding hydrogens is 382 g/mol. The minimum atomic E-state index is -0.676. The van der Waals surface area contributed by atoms with Gasteiger partial charge in [0.1, 0.15) is 6.04 Å². The summed E-state index contributed by atoms with van der Waals surface area (Å²) in [5.74, 6) is 0.349. The van der Waals surface area contributed by atoms with E-state index in [1.54, 1.807) is 35.5 Å². The van der Waals surface area contributed by atoms with Crippen LogP contribution in [0.5, 0.6) is 0 Å². The van der Waals surface area contributed by atoms with Gasteiger partial charge in [0.25, 0.3) is 5.91 Å². The number of rotatable bonds is 6. The standard InChI is InChI=1S/C22H23N5O3/c28-20(19-8-4-15-30-19)25-18(16-17-6-2-1-3-7-17)21(29)26-11-13-27(14-12-26)22-23-9-5-10-24-22/h1-10,15,18H,11-14,16H2,(H,25,28)/t18-/m0/s1. The number of amides is 2. The van der Waals surface area contributed by atoms with Crippen molar-refractivity contribution in [2.75, 3.05) is 31.1 Å². The van der Waals surface area contributed by atoms with Gasteiger partial charge in [-0.2, -0.15) is 0 Å². The van der Waals surface area contributed by atoms with E-state index in [4.69, 9.17) is 4.42 Å². The Morgan fingerprint density at radius 3 is 2.37 bits per heavy atom. The molecule has 1 aliphatic heterocycles. The number of aromatic nitrogens is 2. The number of furan rings is 1. The van der Waals surface area contributed by atoms with Gasteiger partial charge in [-0.3, -0.25) is 9.59 Å². The first-order chi connectivity index (χ1) is 14.7. The summed E-state index contributed by atoms with van der Waals surface area (Å²) in [5, 5.41) is 2.85. The van der Waals surface area contributed by atoms with E-state index < -0.39 is 11.9 Å². The lowest BCUT2D eigenvalue weighted by Crippen LogP contribution is -2.55. The summed E-state index contributed by atoms with van der Waals surface area (Å²) in [4.78, 5) is 38.2. The van der Waals surface area contributed by atoms with Crippen molar-refractivity contribution in [2.24, 2.45) is 0 Å². The molecule has 2 aromatic heterocycles. The molecule has 0 bridgehead atoms. The topological polar surface area (TPSA) is 91.6 Å². The zero-order valence-corrected chi connectivity index (χ0v) is 16.5. The van der Waals surface area contributed by atoms with Crippen LogP contribution >= 0.6 is 0 Å². The summed E-state index contributed by atoms with van der Waals surface area (Å²) < 4.78 is 5.18. The van der Waals surface area contributed by atoms with Crippen molar-refractivity contribution < 1.29 is 14.0 Å². The normalized spacial score (nSPS) is 14.9. The molecular formula is C22H23N5O3. The molecule has 1 N–H and O–H groups in total. The molecule has 0 saturated carbocycles. The van der Waals surface area contributed by atoms with Gasteiger partial charge in [-0.05, 0) is 23.8 Å². The van der Waals surface area contributed by atoms with Gasteiger partial charge in [0.05, 0.1) is 6.26 Å². The summed E-state index contributed by atoms with van der Waals surface area (Å²) >= 11 is 0. The predicted molar refractivity (Wildman–Crippen MR) is 111 cm³/mol. The van der Waals surface area contributed by atoms with E-state index in [1.165, 1.54) is 6.26 Å². The molecule has 8 heteroatoms. The zero-order valence-electron chi connectivity index (χ0n) is 16.5. The third-order valence-electron chi connectivity index (χ3n) is 5.06. The average Bonchev–Trinajstić information content (AvgIpc) is 3.35. The molecule has 0 aliphatic carbocycles. The van der Waals surface area contributed by atoms with Crippen molar-refractivity contribution in [2.45, 2.75) is 12.5 Å². The van der Waals surface area contributed by atoms with Crippen LogP contribution in [-0.4, -0.2) is 58.9 Å². The van der Waals surface area contributed by atoms with Gasteiger partial charge in [0, 0.05) is 45.0 Å². The van der Waals surface area contributed by atoms with Gasteiger partial charge in [-0.25, -0.2) is 9.97 Å². The number of hydrogen-bond acceptors (Lipinski definition) is 6. The quantitative estimate of drug-likeness (QED) is 0.672. The lowest BCUT2D eigenvalue weighted by atomic mass is 10.0. The highest BCUT2D eigenvalue weighted by atomic mass is 16.3. The molecule has 0 spiro atoms. The number of nitrogens with one attached hydrogen (secondary N) is 1. The summed E-state index contributed by atoms with van der Waals surface area (Å²) in [6.45, 7) is 2.36. The van der Waals surface area contributed by atoms with Crippen molar-refractivity contribution in [3.05, 3.63) is 78.5 Å². The molecule has 4 rings (SSSR count). The van der Waals surface area contributed by atoms with Crippen molar-refractivity contribution in [1.29, 1.82) is 0 Å². The first-order valence-electron chi connectivity index (χ1n) is 9.90. The van der Waals surface area contributed by atoms with Gasteiger partial charge in [-0.15, -0.1) is 0 Å². The summed E-state index contributed by atoms with van der Waals surface area (Å²) in [7, 11) is 0. The molecule has 2 amide bonds. The largest absolute Gasteiger partial charge is 0.459 e. The predicted octanol–water partition coefficient (Wildman–Crippen LogP) is 1.76. The second-order valence-electron chi connectivity index (χ2n) is 7.05. The van der Waals surface area contributed by atoms with Crippen molar-refractivity contribution in [1.82, 2.24) is 20.2 Å². The van der Waals surface area contributed by atoms with E-state index in [0.29, 0.717) is 38.5 Å². The first kappa shape index (κ1) is 19.6. The van der Waals surface area contributed by atoms with Crippen molar-refractivity contribution in [3.8, 4) is 0 Å². The van der Waals surface area contributed by atoms with Gasteiger partial charge in [0.2, 0.25) is 11.9 Å². The van der Waals surface area contributed by atoms with Crippen LogP contribution in [0.3, 0.4) is 0 Å². The SMILES string of the molecule is O=C(N[C@@H](Cc1ccccc1)C(=O)N1CCN(c2ncccn2)CC1)c1ccco1. The lowest BCUT2D eigenvalue weighted by Gasteiger charge is -2.36. The molecule has 1 fully saturated rings. The van der Waals surface area contributed by atoms with Crippen LogP contribution in [0.1, 0.15) is 16.1 Å². The molecule has 0 radical (unpaired) electrons. The molecule has 30 heavy (non-hydrogen) atoms. The minimum absolute atomic E-state index is 0.104. The third kappa shape index (κ3) is 4.65. The minimum Gasteiger partial charge on any atom is -0.459 e. The Balaban J connectivity index is 1.44. The number of hydrogen-bond donors (Lipinski definition) is 1. The molecule has 1 saturated heterocycles. The maximum absolute atomic E-state index is 13.3. The Kier molecular flexibility index (Phi) is 6.03. The summed E-state index contributed by atoms with van der Waals surface area (Å²) in [6, 6.07) is 14.0. The second-order valence-corrected chi connectivity index (χ2v) is 7.05. The third-order valence-corrected chi connectivity index (χ3v) is 5.06. The number of anilines is 1. The molecule has 3 heterocycles. The van der Waals surface area contributed by atoms with Crippen LogP contribution in [0, 0.1) is 0 Å². The van der Waals surface area contributed by atoms with E-state index in [9.17, 15) is 9.59 Å². The Bertz CT molecular complexity index is 955. The second kappa shape index (κ2) is 9.21. The Hall–Kier alpha value is -3.68. The van der Waals surface area contributed by atoms with Gasteiger partial charge < -0.3 is 19.5 Å². The van der Waals surface area contributed by atoms with Crippen LogP contribution in [0.15, 0.2) is 71.6 Å². The van der Waals surface area contributed by atoms with Crippen LogP contribution in [0.25, 0.3) is 0 Å². The van der Waals surface area contributed by atoms with E-state index >= 15 is 0 Å². The van der Waals surface area contributed by atoms with Crippen LogP contribution in [0.4, 0.5) is 5.95 Å². The number of carbonyl (C=O) groups excluding carboxylic acids is 2. The Labute approximate surface area is 174 Å². The molecule has 8 nitrogen and oxygen atoms in total. The van der Waals surface area contributed by atoms with Gasteiger partial charge >= 0.3 is 0 Å². The van der Waals surface area contributed by atoms with E-state index in [2.05, 4.69) is 20.2 Å². The van der Waals surface area contributed by atoms with E-state index in [-0.39, 0.29) is 11.7 Å². The zero-order chi connectivity index (χ0) is 20.8. The highest BCUT2D eigenvalue weighted by Gasteiger charge is 2.30. The smallest absolute Gasteiger partial charge is 0.287 e. The lowest BCUT2D eigenvalue weighted by molar-refractivity contribution is -0.133. The molecule has 1 aliphatic rings. The maximum Gasteiger partial charge on any atom is 0.287 e. The molecule has 3 aromatic rings. The molecule has 0 unspecified atom stereocenters. The molecule has 1 aromatic carbocycles. The van der Waals surface area contributed by atoms with E-state index in [0.717, 1.165) is 5.56 Å². The fourth-order valence-electron chi connectivity index (χ4n) is 3.49. The maximum atomic E-state index is 13.3. The van der Waals surface area contributed by atoms with Gasteiger partial charge in [-0.1, -0.05) is 30.3 Å². The summed E-state index contributed by atoms with van der Waals surface area (Å²) in [5.41, 5.74) is 0.979. The number of benzene rings is 1. The number of nitrogens with zero attached hydrogens (tertiary/aromatic N) is 4. The van der Waals surface area contributed by atoms with Crippen LogP contribution < -0.4 is 10.2 Å². The Morgan fingerprint density at radius 2 is 1.70 bits per heavy atom. The van der Waals surface area contributed by atoms with Gasteiger partial charge in [0.15, 0.2) is 5.76 Å². The fourth-order valence-corrected chi connectivity index (χ4v) is 3.49. The monoisotopic (exact) mass is 405 g/mol. The number of carbonyl (C=O) groups is 2. The first-order valence-corrected chi connectivity index (χ1v) is 9.90. The van der Waals surface area contributed by atoms with Crippen LogP contribution in [0.2, 0.25) is 0 Å². The van der Waals surface area contributed by atoms with Crippen LogP contribution in [-0.2, 0) is 11.2 Å². The fraction of sp³-hybridized carbons (Fsp3) is 0.273. The molecule has 154 valence electrons. The Morgan fingerprint density at radius 1 is 0.967 bits per heavy atom. The van der Waals surface area contributed by atoms with Crippen molar-refractivity contribution in [3.63, 3.8) is 0 Å². The highest BCUT2D eigenvalue weighted by molar-refractivity contribution is 5.95. The average molecular weight is 405 g/mol. The highest BCUT2D eigenvalue weighted by Crippen LogP contribution is 2.13.